The Morgan fingerprint density at radius 3 is 2.94 bits per heavy atom. The molecule has 0 spiro atoms. The number of aromatic nitrogens is 2. The van der Waals surface area contributed by atoms with Gasteiger partial charge in [-0.25, -0.2) is 9.97 Å². The van der Waals surface area contributed by atoms with Gasteiger partial charge in [0.15, 0.2) is 0 Å². The minimum atomic E-state index is 0.148. The largest absolute Gasteiger partial charge is 0.478 e. The van der Waals surface area contributed by atoms with Gasteiger partial charge in [0.1, 0.15) is 12.1 Å². The Labute approximate surface area is 96.4 Å². The van der Waals surface area contributed by atoms with Crippen molar-refractivity contribution in [2.45, 2.75) is 32.7 Å². The van der Waals surface area contributed by atoms with Crippen LogP contribution in [0.1, 0.15) is 26.7 Å². The maximum atomic E-state index is 5.80. The Morgan fingerprint density at radius 1 is 1.44 bits per heavy atom. The molecule has 5 heteroatoms. The molecule has 16 heavy (non-hydrogen) atoms. The third kappa shape index (κ3) is 4.44. The summed E-state index contributed by atoms with van der Waals surface area (Å²) < 4.78 is 5.41. The van der Waals surface area contributed by atoms with E-state index in [1.54, 1.807) is 6.07 Å². The predicted molar refractivity (Wildman–Crippen MR) is 64.6 cm³/mol. The van der Waals surface area contributed by atoms with E-state index >= 15 is 0 Å². The number of anilines is 1. The highest BCUT2D eigenvalue weighted by Gasteiger charge is 2.01. The van der Waals surface area contributed by atoms with Crippen LogP contribution < -0.4 is 15.8 Å². The number of nitrogens with two attached hydrogens (primary N) is 1. The lowest BCUT2D eigenvalue weighted by atomic mass is 10.2. The minimum absolute atomic E-state index is 0.148. The summed E-state index contributed by atoms with van der Waals surface area (Å²) in [5, 5.41) is 3.16. The number of nitrogens with zero attached hydrogens (tertiary/aromatic N) is 2. The van der Waals surface area contributed by atoms with E-state index < -0.39 is 0 Å². The second-order valence-corrected chi connectivity index (χ2v) is 3.64. The average Bonchev–Trinajstić information content (AvgIpc) is 2.34. The zero-order valence-corrected chi connectivity index (χ0v) is 9.94. The zero-order valence-electron chi connectivity index (χ0n) is 9.94. The molecule has 1 aromatic rings. The van der Waals surface area contributed by atoms with Gasteiger partial charge in [0.05, 0.1) is 6.61 Å². The first-order valence-electron chi connectivity index (χ1n) is 5.70. The van der Waals surface area contributed by atoms with Crippen molar-refractivity contribution in [2.24, 2.45) is 5.73 Å². The van der Waals surface area contributed by atoms with E-state index in [9.17, 15) is 0 Å². The topological polar surface area (TPSA) is 73.1 Å². The molecule has 0 saturated carbocycles. The number of rotatable bonds is 7. The molecule has 0 aliphatic rings. The van der Waals surface area contributed by atoms with Crippen molar-refractivity contribution in [3.8, 4) is 5.88 Å². The Kier molecular flexibility index (Phi) is 5.56. The van der Waals surface area contributed by atoms with Gasteiger partial charge in [0, 0.05) is 18.7 Å². The third-order valence-corrected chi connectivity index (χ3v) is 2.17. The SMILES string of the molecule is CCCOc1cc(NCC(N)CC)ncn1. The first-order valence-corrected chi connectivity index (χ1v) is 5.70. The molecule has 1 atom stereocenters. The smallest absolute Gasteiger partial charge is 0.218 e. The monoisotopic (exact) mass is 224 g/mol. The molecule has 0 aliphatic heterocycles. The van der Waals surface area contributed by atoms with E-state index in [-0.39, 0.29) is 6.04 Å². The molecule has 0 bridgehead atoms. The van der Waals surface area contributed by atoms with Crippen molar-refractivity contribution < 1.29 is 4.74 Å². The second-order valence-electron chi connectivity index (χ2n) is 3.64. The van der Waals surface area contributed by atoms with Crippen LogP contribution in [0, 0.1) is 0 Å². The molecule has 1 aromatic heterocycles. The Morgan fingerprint density at radius 2 is 2.25 bits per heavy atom. The highest BCUT2D eigenvalue weighted by Crippen LogP contribution is 2.11. The van der Waals surface area contributed by atoms with Crippen LogP contribution in [0.3, 0.4) is 0 Å². The van der Waals surface area contributed by atoms with Gasteiger partial charge in [-0.05, 0) is 12.8 Å². The average molecular weight is 224 g/mol. The van der Waals surface area contributed by atoms with E-state index in [4.69, 9.17) is 10.5 Å². The summed E-state index contributed by atoms with van der Waals surface area (Å²) in [7, 11) is 0. The summed E-state index contributed by atoms with van der Waals surface area (Å²) in [6.07, 6.45) is 3.40. The van der Waals surface area contributed by atoms with Crippen LogP contribution in [0.15, 0.2) is 12.4 Å². The first-order chi connectivity index (χ1) is 7.76. The van der Waals surface area contributed by atoms with Crippen molar-refractivity contribution >= 4 is 5.82 Å². The molecule has 5 nitrogen and oxygen atoms in total. The molecule has 0 amide bonds. The van der Waals surface area contributed by atoms with Crippen molar-refractivity contribution in [3.63, 3.8) is 0 Å². The van der Waals surface area contributed by atoms with Crippen molar-refractivity contribution in [1.82, 2.24) is 9.97 Å². The molecule has 1 heterocycles. The summed E-state index contributed by atoms with van der Waals surface area (Å²) in [5.74, 6) is 1.36. The van der Waals surface area contributed by atoms with Gasteiger partial charge in [-0.2, -0.15) is 0 Å². The van der Waals surface area contributed by atoms with Crippen LogP contribution in [0.4, 0.5) is 5.82 Å². The van der Waals surface area contributed by atoms with Gasteiger partial charge < -0.3 is 15.8 Å². The number of ether oxygens (including phenoxy) is 1. The lowest BCUT2D eigenvalue weighted by molar-refractivity contribution is 0.305. The van der Waals surface area contributed by atoms with Gasteiger partial charge in [0.25, 0.3) is 0 Å². The van der Waals surface area contributed by atoms with E-state index in [0.717, 1.165) is 18.7 Å². The van der Waals surface area contributed by atoms with E-state index in [0.29, 0.717) is 19.0 Å². The molecule has 0 fully saturated rings. The third-order valence-electron chi connectivity index (χ3n) is 2.17. The molecule has 90 valence electrons. The fourth-order valence-corrected chi connectivity index (χ4v) is 1.10. The van der Waals surface area contributed by atoms with Gasteiger partial charge in [0.2, 0.25) is 5.88 Å². The van der Waals surface area contributed by atoms with Gasteiger partial charge in [-0.3, -0.25) is 0 Å². The van der Waals surface area contributed by atoms with Gasteiger partial charge >= 0.3 is 0 Å². The van der Waals surface area contributed by atoms with Crippen LogP contribution in [0.25, 0.3) is 0 Å². The molecule has 0 aromatic carbocycles. The maximum absolute atomic E-state index is 5.80. The van der Waals surface area contributed by atoms with Crippen LogP contribution in [-0.2, 0) is 0 Å². The summed E-state index contributed by atoms with van der Waals surface area (Å²) in [5.41, 5.74) is 5.80. The lowest BCUT2D eigenvalue weighted by Gasteiger charge is -2.11. The summed E-state index contributed by atoms with van der Waals surface area (Å²) in [6, 6.07) is 1.94. The molecule has 0 saturated heterocycles. The van der Waals surface area contributed by atoms with Gasteiger partial charge in [-0.1, -0.05) is 13.8 Å². The minimum Gasteiger partial charge on any atom is -0.478 e. The normalized spacial score (nSPS) is 12.2. The lowest BCUT2D eigenvalue weighted by Crippen LogP contribution is -2.28. The van der Waals surface area contributed by atoms with E-state index in [1.165, 1.54) is 6.33 Å². The summed E-state index contributed by atoms with van der Waals surface area (Å²) >= 11 is 0. The maximum Gasteiger partial charge on any atom is 0.218 e. The van der Waals surface area contributed by atoms with Crippen molar-refractivity contribution in [2.75, 3.05) is 18.5 Å². The number of hydrogen-bond donors (Lipinski definition) is 2. The Hall–Kier alpha value is -1.36. The van der Waals surface area contributed by atoms with Crippen LogP contribution >= 0.6 is 0 Å². The fourth-order valence-electron chi connectivity index (χ4n) is 1.10. The second kappa shape index (κ2) is 7.00. The predicted octanol–water partition coefficient (Wildman–Crippen LogP) is 1.41. The first kappa shape index (κ1) is 12.7. The fraction of sp³-hybridized carbons (Fsp3) is 0.636. The zero-order chi connectivity index (χ0) is 11.8. The van der Waals surface area contributed by atoms with Crippen LogP contribution in [0.2, 0.25) is 0 Å². The number of nitrogens with one attached hydrogen (secondary N) is 1. The Bertz CT molecular complexity index is 306. The van der Waals surface area contributed by atoms with Crippen molar-refractivity contribution in [1.29, 1.82) is 0 Å². The standard InChI is InChI=1S/C11H20N4O/c1-3-5-16-11-6-10(14-8-15-11)13-7-9(12)4-2/h6,8-9H,3-5,7,12H2,1-2H3,(H,13,14,15). The summed E-state index contributed by atoms with van der Waals surface area (Å²) in [6.45, 7) is 5.49. The summed E-state index contributed by atoms with van der Waals surface area (Å²) in [4.78, 5) is 8.12. The number of hydrogen-bond acceptors (Lipinski definition) is 5. The molecule has 0 aliphatic carbocycles. The molecular formula is C11H20N4O. The highest BCUT2D eigenvalue weighted by atomic mass is 16.5. The quantitative estimate of drug-likeness (QED) is 0.732. The molecule has 1 rings (SSSR count). The highest BCUT2D eigenvalue weighted by molar-refractivity contribution is 5.37. The van der Waals surface area contributed by atoms with Crippen LogP contribution in [0.5, 0.6) is 5.88 Å². The molecule has 3 N–H and O–H groups in total. The molecule has 0 radical (unpaired) electrons. The van der Waals surface area contributed by atoms with Crippen LogP contribution in [-0.4, -0.2) is 29.2 Å². The Balaban J connectivity index is 2.46. The van der Waals surface area contributed by atoms with E-state index in [1.807, 2.05) is 0 Å². The molecular weight excluding hydrogens is 204 g/mol. The van der Waals surface area contributed by atoms with Crippen molar-refractivity contribution in [3.05, 3.63) is 12.4 Å². The van der Waals surface area contributed by atoms with Gasteiger partial charge in [-0.15, -0.1) is 0 Å². The van der Waals surface area contributed by atoms with E-state index in [2.05, 4.69) is 29.1 Å². The molecule has 1 unspecified atom stereocenters.